The highest BCUT2D eigenvalue weighted by Gasteiger charge is 2.41. The van der Waals surface area contributed by atoms with Crippen molar-refractivity contribution >= 4 is 38.6 Å². The van der Waals surface area contributed by atoms with E-state index in [9.17, 15) is 24.0 Å². The molecule has 0 bridgehead atoms. The molecule has 3 fully saturated rings. The first-order chi connectivity index (χ1) is 18.7. The van der Waals surface area contributed by atoms with Crippen LogP contribution < -0.4 is 15.5 Å². The van der Waals surface area contributed by atoms with Gasteiger partial charge in [0.15, 0.2) is 32.8 Å². The van der Waals surface area contributed by atoms with E-state index in [1.165, 1.54) is 22.8 Å². The normalized spacial score (nSPS) is 22.9. The number of fused-ring (bicyclic) bond motifs is 1. The van der Waals surface area contributed by atoms with E-state index in [-0.39, 0.29) is 46.1 Å². The summed E-state index contributed by atoms with van der Waals surface area (Å²) in [6, 6.07) is 6.70. The highest BCUT2D eigenvalue weighted by atomic mass is 32.2. The van der Waals surface area contributed by atoms with Crippen LogP contribution in [-0.2, 0) is 9.84 Å². The fourth-order valence-corrected chi connectivity index (χ4v) is 6.93. The number of hydrogen-bond acceptors (Lipinski definition) is 12. The Morgan fingerprint density at radius 2 is 1.87 bits per heavy atom. The van der Waals surface area contributed by atoms with Crippen molar-refractivity contribution in [1.29, 1.82) is 10.5 Å². The molecule has 2 unspecified atom stereocenters. The van der Waals surface area contributed by atoms with Crippen LogP contribution in [0, 0.1) is 28.5 Å². The average Bonchev–Trinajstić information content (AvgIpc) is 3.56. The number of aromatic nitrogens is 4. The van der Waals surface area contributed by atoms with E-state index < -0.39 is 27.8 Å². The van der Waals surface area contributed by atoms with Crippen molar-refractivity contribution in [3.63, 3.8) is 0 Å². The predicted octanol–water partition coefficient (Wildman–Crippen LogP) is 0.605. The molecule has 2 aromatic heterocycles. The molecular formula is C24H25FN10O3S. The van der Waals surface area contributed by atoms with Gasteiger partial charge in [-0.25, -0.2) is 17.8 Å². The number of aliphatic hydroxyl groups is 1. The average molecular weight is 553 g/mol. The molecular weight excluding hydrogens is 527 g/mol. The minimum absolute atomic E-state index is 0.000803. The summed E-state index contributed by atoms with van der Waals surface area (Å²) in [4.78, 5) is 12.4. The second kappa shape index (κ2) is 9.60. The molecule has 2 saturated heterocycles. The zero-order valence-corrected chi connectivity index (χ0v) is 21.6. The van der Waals surface area contributed by atoms with Crippen molar-refractivity contribution in [1.82, 2.24) is 24.5 Å². The monoisotopic (exact) mass is 552 g/mol. The standard InChI is InChI=1S/C24H25FN10O3S/c25-21-17(30-24-31-22(29-15-1-2-15)23-28-11-16(10-27)35(23)32-24)7-14(9-26)8-18(21)33-3-5-34(6-4-33)19-12-39(37,38)13-20(19)36/h7-8,11,15,19-20,36H,1-6,12-13H2,(H2,29,30,31,32). The Hall–Kier alpha value is -4.05. The largest absolute Gasteiger partial charge is 0.390 e. The molecule has 15 heteroatoms. The van der Waals surface area contributed by atoms with Crippen molar-refractivity contribution < 1.29 is 17.9 Å². The number of sulfone groups is 1. The number of hydrogen-bond donors (Lipinski definition) is 3. The molecule has 3 N–H and O–H groups in total. The lowest BCUT2D eigenvalue weighted by Crippen LogP contribution is -2.53. The van der Waals surface area contributed by atoms with Crippen LogP contribution >= 0.6 is 0 Å². The molecule has 6 rings (SSSR count). The molecule has 3 aromatic rings. The molecule has 202 valence electrons. The van der Waals surface area contributed by atoms with Crippen LogP contribution in [0.3, 0.4) is 0 Å². The maximum atomic E-state index is 15.9. The van der Waals surface area contributed by atoms with E-state index in [0.29, 0.717) is 37.6 Å². The minimum Gasteiger partial charge on any atom is -0.390 e. The quantitative estimate of drug-likeness (QED) is 0.389. The van der Waals surface area contributed by atoms with Crippen molar-refractivity contribution in [3.8, 4) is 12.1 Å². The summed E-state index contributed by atoms with van der Waals surface area (Å²) in [5.41, 5.74) is 1.02. The second-order valence-electron chi connectivity index (χ2n) is 10.0. The van der Waals surface area contributed by atoms with Crippen LogP contribution in [0.15, 0.2) is 18.3 Å². The third-order valence-corrected chi connectivity index (χ3v) is 8.94. The van der Waals surface area contributed by atoms with Gasteiger partial charge >= 0.3 is 0 Å². The number of aliphatic hydroxyl groups excluding tert-OH is 1. The first kappa shape index (κ1) is 25.2. The molecule has 1 aliphatic carbocycles. The van der Waals surface area contributed by atoms with Gasteiger partial charge in [0, 0.05) is 32.2 Å². The number of nitrogens with zero attached hydrogens (tertiary/aromatic N) is 8. The summed E-state index contributed by atoms with van der Waals surface area (Å²) in [5.74, 6) is -0.487. The Balaban J connectivity index is 1.27. The number of nitriles is 2. The lowest BCUT2D eigenvalue weighted by molar-refractivity contribution is 0.0792. The zero-order valence-electron chi connectivity index (χ0n) is 20.7. The Morgan fingerprint density at radius 1 is 1.10 bits per heavy atom. The number of rotatable bonds is 6. The van der Waals surface area contributed by atoms with Crippen molar-refractivity contribution in [3.05, 3.63) is 35.4 Å². The van der Waals surface area contributed by atoms with E-state index >= 15 is 4.39 Å². The minimum atomic E-state index is -3.28. The molecule has 2 atom stereocenters. The van der Waals surface area contributed by atoms with Crippen LogP contribution in [0.5, 0.6) is 0 Å². The molecule has 2 aliphatic heterocycles. The van der Waals surface area contributed by atoms with E-state index in [1.807, 2.05) is 11.0 Å². The number of benzene rings is 1. The van der Waals surface area contributed by atoms with Crippen molar-refractivity contribution in [2.24, 2.45) is 0 Å². The molecule has 1 aromatic carbocycles. The lowest BCUT2D eigenvalue weighted by atomic mass is 10.1. The van der Waals surface area contributed by atoms with E-state index in [1.54, 1.807) is 4.90 Å². The summed E-state index contributed by atoms with van der Waals surface area (Å²) in [6.07, 6.45) is 2.41. The molecule has 13 nitrogen and oxygen atoms in total. The van der Waals surface area contributed by atoms with Gasteiger partial charge < -0.3 is 20.6 Å². The molecule has 4 heterocycles. The number of nitrogens with one attached hydrogen (secondary N) is 2. The first-order valence-corrected chi connectivity index (χ1v) is 14.4. The first-order valence-electron chi connectivity index (χ1n) is 12.6. The topological polar surface area (TPSA) is 176 Å². The summed E-state index contributed by atoms with van der Waals surface area (Å²) in [5, 5.41) is 39.8. The highest BCUT2D eigenvalue weighted by molar-refractivity contribution is 7.91. The molecule has 0 amide bonds. The predicted molar refractivity (Wildman–Crippen MR) is 139 cm³/mol. The van der Waals surface area contributed by atoms with Crippen LogP contribution in [0.25, 0.3) is 5.65 Å². The molecule has 1 saturated carbocycles. The van der Waals surface area contributed by atoms with Crippen LogP contribution in [-0.4, -0.2) is 93.9 Å². The van der Waals surface area contributed by atoms with Gasteiger partial charge in [0.25, 0.3) is 0 Å². The fraction of sp³-hybridized carbons (Fsp3) is 0.458. The summed E-state index contributed by atoms with van der Waals surface area (Å²) in [6.45, 7) is 1.63. The SMILES string of the molecule is N#Cc1cc(Nc2nc(NC3CC3)c3ncc(C#N)n3n2)c(F)c(N2CCN(C3CS(=O)(=O)CC3O)CC2)c1. The van der Waals surface area contributed by atoms with Gasteiger partial charge in [-0.1, -0.05) is 0 Å². The number of halogens is 1. The number of imidazole rings is 1. The summed E-state index contributed by atoms with van der Waals surface area (Å²) < 4.78 is 41.1. The Bertz CT molecular complexity index is 1630. The fourth-order valence-electron chi connectivity index (χ4n) is 5.10. The second-order valence-corrected chi connectivity index (χ2v) is 12.2. The summed E-state index contributed by atoms with van der Waals surface area (Å²) in [7, 11) is -3.28. The lowest BCUT2D eigenvalue weighted by Gasteiger charge is -2.39. The van der Waals surface area contributed by atoms with Gasteiger partial charge in [-0.3, -0.25) is 4.90 Å². The Labute approximate surface area is 223 Å². The summed E-state index contributed by atoms with van der Waals surface area (Å²) >= 11 is 0. The van der Waals surface area contributed by atoms with E-state index in [0.717, 1.165) is 12.8 Å². The molecule has 0 radical (unpaired) electrons. The maximum Gasteiger partial charge on any atom is 0.247 e. The van der Waals surface area contributed by atoms with Crippen LogP contribution in [0.4, 0.5) is 27.5 Å². The maximum absolute atomic E-state index is 15.9. The Kier molecular flexibility index (Phi) is 6.22. The van der Waals surface area contributed by atoms with Crippen molar-refractivity contribution in [2.45, 2.75) is 31.0 Å². The van der Waals surface area contributed by atoms with Gasteiger partial charge in [-0.15, -0.1) is 5.10 Å². The third-order valence-electron chi connectivity index (χ3n) is 7.24. The van der Waals surface area contributed by atoms with Crippen LogP contribution in [0.1, 0.15) is 24.1 Å². The third kappa shape index (κ3) is 4.92. The van der Waals surface area contributed by atoms with Gasteiger partial charge in [-0.05, 0) is 25.0 Å². The number of piperazine rings is 1. The zero-order chi connectivity index (χ0) is 27.3. The smallest absolute Gasteiger partial charge is 0.247 e. The van der Waals surface area contributed by atoms with Gasteiger partial charge in [0.1, 0.15) is 6.07 Å². The van der Waals surface area contributed by atoms with Gasteiger partial charge in [0.2, 0.25) is 5.95 Å². The molecule has 3 aliphatic rings. The van der Waals surface area contributed by atoms with Gasteiger partial charge in [-0.2, -0.15) is 20.0 Å². The van der Waals surface area contributed by atoms with Crippen LogP contribution in [0.2, 0.25) is 0 Å². The number of anilines is 4. The van der Waals surface area contributed by atoms with Crippen molar-refractivity contribution in [2.75, 3.05) is 53.2 Å². The Morgan fingerprint density at radius 3 is 2.51 bits per heavy atom. The van der Waals surface area contributed by atoms with E-state index in [4.69, 9.17) is 0 Å². The van der Waals surface area contributed by atoms with E-state index in [2.05, 4.69) is 31.8 Å². The molecule has 39 heavy (non-hydrogen) atoms. The highest BCUT2D eigenvalue weighted by Crippen LogP contribution is 2.32. The molecule has 0 spiro atoms. The van der Waals surface area contributed by atoms with Gasteiger partial charge in [0.05, 0.1) is 52.9 Å².